The van der Waals surface area contributed by atoms with Gasteiger partial charge in [-0.15, -0.1) is 6.58 Å². The van der Waals surface area contributed by atoms with Crippen molar-refractivity contribution in [2.75, 3.05) is 6.61 Å². The number of hydrogen-bond acceptors (Lipinski definition) is 2. The Balaban J connectivity index is 2.30. The van der Waals surface area contributed by atoms with Crippen LogP contribution in [0.15, 0.2) is 12.7 Å². The number of carbonyl (C=O) groups excluding carboxylic acids is 1. The zero-order valence-corrected chi connectivity index (χ0v) is 6.66. The molecule has 1 aliphatic rings. The number of hydrogen-bond donors (Lipinski definition) is 0. The minimum Gasteiger partial charge on any atom is -0.378 e. The van der Waals surface area contributed by atoms with Gasteiger partial charge in [-0.3, -0.25) is 0 Å². The Kier molecular flexibility index (Phi) is 3.30. The van der Waals surface area contributed by atoms with Gasteiger partial charge in [0, 0.05) is 18.9 Å². The number of rotatable bonds is 4. The van der Waals surface area contributed by atoms with E-state index in [4.69, 9.17) is 4.74 Å². The van der Waals surface area contributed by atoms with E-state index in [1.807, 2.05) is 6.08 Å². The second kappa shape index (κ2) is 4.29. The largest absolute Gasteiger partial charge is 0.378 e. The fourth-order valence-corrected chi connectivity index (χ4v) is 1.46. The summed E-state index contributed by atoms with van der Waals surface area (Å²) in [7, 11) is 0. The second-order valence-electron chi connectivity index (χ2n) is 2.84. The Bertz CT molecular complexity index is 142. The van der Waals surface area contributed by atoms with Crippen LogP contribution in [0.3, 0.4) is 0 Å². The second-order valence-corrected chi connectivity index (χ2v) is 2.84. The summed E-state index contributed by atoms with van der Waals surface area (Å²) >= 11 is 0. The lowest BCUT2D eigenvalue weighted by Crippen LogP contribution is -2.13. The van der Waals surface area contributed by atoms with Gasteiger partial charge < -0.3 is 9.53 Å². The standard InChI is InChI=1S/C9H14O2/c1-2-8-5-7-11-9(8)4-3-6-10/h2,6,8-9H,1,3-5,7H2. The highest BCUT2D eigenvalue weighted by Gasteiger charge is 2.24. The summed E-state index contributed by atoms with van der Waals surface area (Å²) in [5.41, 5.74) is 0. The highest BCUT2D eigenvalue weighted by Crippen LogP contribution is 2.24. The maximum absolute atomic E-state index is 10.1. The van der Waals surface area contributed by atoms with E-state index in [1.54, 1.807) is 0 Å². The summed E-state index contributed by atoms with van der Waals surface area (Å²) in [6.45, 7) is 4.55. The third kappa shape index (κ3) is 2.15. The van der Waals surface area contributed by atoms with Crippen LogP contribution in [0.25, 0.3) is 0 Å². The summed E-state index contributed by atoms with van der Waals surface area (Å²) in [5.74, 6) is 0.468. The molecule has 0 spiro atoms. The molecule has 0 aromatic rings. The van der Waals surface area contributed by atoms with Crippen LogP contribution in [0.5, 0.6) is 0 Å². The van der Waals surface area contributed by atoms with Crippen LogP contribution in [0.4, 0.5) is 0 Å². The molecular formula is C9H14O2. The highest BCUT2D eigenvalue weighted by molar-refractivity contribution is 5.49. The molecule has 1 rings (SSSR count). The lowest BCUT2D eigenvalue weighted by molar-refractivity contribution is -0.108. The Labute approximate surface area is 67.2 Å². The first-order chi connectivity index (χ1) is 5.38. The third-order valence-electron chi connectivity index (χ3n) is 2.13. The maximum atomic E-state index is 10.1. The van der Waals surface area contributed by atoms with Gasteiger partial charge in [0.15, 0.2) is 0 Å². The van der Waals surface area contributed by atoms with Gasteiger partial charge in [0.05, 0.1) is 6.10 Å². The van der Waals surface area contributed by atoms with Crippen molar-refractivity contribution in [1.29, 1.82) is 0 Å². The number of aldehydes is 1. The summed E-state index contributed by atoms with van der Waals surface area (Å²) in [5, 5.41) is 0. The summed E-state index contributed by atoms with van der Waals surface area (Å²) in [4.78, 5) is 10.1. The van der Waals surface area contributed by atoms with E-state index in [0.717, 1.165) is 25.7 Å². The first-order valence-corrected chi connectivity index (χ1v) is 4.06. The van der Waals surface area contributed by atoms with Crippen molar-refractivity contribution in [2.24, 2.45) is 5.92 Å². The number of ether oxygens (including phenoxy) is 1. The van der Waals surface area contributed by atoms with Crippen LogP contribution in [0.1, 0.15) is 19.3 Å². The molecule has 1 heterocycles. The molecule has 0 aliphatic carbocycles. The molecule has 0 aromatic heterocycles. The van der Waals surface area contributed by atoms with E-state index in [2.05, 4.69) is 6.58 Å². The van der Waals surface area contributed by atoms with Crippen molar-refractivity contribution in [1.82, 2.24) is 0 Å². The third-order valence-corrected chi connectivity index (χ3v) is 2.13. The molecule has 0 saturated carbocycles. The maximum Gasteiger partial charge on any atom is 0.120 e. The molecule has 2 unspecified atom stereocenters. The average molecular weight is 154 g/mol. The predicted molar refractivity (Wildman–Crippen MR) is 43.3 cm³/mol. The SMILES string of the molecule is C=CC1CCOC1CCC=O. The zero-order valence-electron chi connectivity index (χ0n) is 6.66. The monoisotopic (exact) mass is 154 g/mol. The summed E-state index contributed by atoms with van der Waals surface area (Å²) < 4.78 is 5.43. The lowest BCUT2D eigenvalue weighted by atomic mass is 9.98. The average Bonchev–Trinajstić information content (AvgIpc) is 2.47. The van der Waals surface area contributed by atoms with Crippen molar-refractivity contribution in [3.05, 3.63) is 12.7 Å². The Morgan fingerprint density at radius 3 is 3.09 bits per heavy atom. The summed E-state index contributed by atoms with van der Waals surface area (Å²) in [6, 6.07) is 0. The molecule has 2 atom stereocenters. The van der Waals surface area contributed by atoms with Crippen LogP contribution in [0, 0.1) is 5.92 Å². The fourth-order valence-electron chi connectivity index (χ4n) is 1.46. The van der Waals surface area contributed by atoms with Crippen LogP contribution in [0.2, 0.25) is 0 Å². The molecule has 11 heavy (non-hydrogen) atoms. The Hall–Kier alpha value is -0.630. The molecule has 1 fully saturated rings. The molecule has 0 bridgehead atoms. The summed E-state index contributed by atoms with van der Waals surface area (Å²) in [6.07, 6.45) is 5.64. The molecular weight excluding hydrogens is 140 g/mol. The van der Waals surface area contributed by atoms with E-state index in [1.165, 1.54) is 0 Å². The lowest BCUT2D eigenvalue weighted by Gasteiger charge is -2.12. The molecule has 2 heteroatoms. The van der Waals surface area contributed by atoms with Gasteiger partial charge in [-0.05, 0) is 12.8 Å². The van der Waals surface area contributed by atoms with Gasteiger partial charge in [-0.1, -0.05) is 6.08 Å². The van der Waals surface area contributed by atoms with Crippen LogP contribution < -0.4 is 0 Å². The first-order valence-electron chi connectivity index (χ1n) is 4.06. The molecule has 0 radical (unpaired) electrons. The van der Waals surface area contributed by atoms with Crippen molar-refractivity contribution in [3.63, 3.8) is 0 Å². The van der Waals surface area contributed by atoms with Crippen LogP contribution in [-0.4, -0.2) is 19.0 Å². The molecule has 2 nitrogen and oxygen atoms in total. The molecule has 0 aromatic carbocycles. The van der Waals surface area contributed by atoms with Crippen molar-refractivity contribution >= 4 is 6.29 Å². The number of carbonyl (C=O) groups is 1. The van der Waals surface area contributed by atoms with Gasteiger partial charge in [0.1, 0.15) is 6.29 Å². The minimum atomic E-state index is 0.248. The minimum absolute atomic E-state index is 0.248. The van der Waals surface area contributed by atoms with E-state index in [0.29, 0.717) is 12.3 Å². The van der Waals surface area contributed by atoms with Gasteiger partial charge in [0.2, 0.25) is 0 Å². The van der Waals surface area contributed by atoms with Crippen molar-refractivity contribution < 1.29 is 9.53 Å². The topological polar surface area (TPSA) is 26.3 Å². The molecule has 0 amide bonds. The normalized spacial score (nSPS) is 30.2. The fraction of sp³-hybridized carbons (Fsp3) is 0.667. The molecule has 0 N–H and O–H groups in total. The predicted octanol–water partition coefficient (Wildman–Crippen LogP) is 1.56. The molecule has 1 saturated heterocycles. The Morgan fingerprint density at radius 2 is 2.45 bits per heavy atom. The van der Waals surface area contributed by atoms with E-state index in [-0.39, 0.29) is 6.10 Å². The van der Waals surface area contributed by atoms with Gasteiger partial charge in [0.25, 0.3) is 0 Å². The molecule has 62 valence electrons. The smallest absolute Gasteiger partial charge is 0.120 e. The highest BCUT2D eigenvalue weighted by atomic mass is 16.5. The quantitative estimate of drug-likeness (QED) is 0.453. The van der Waals surface area contributed by atoms with Crippen LogP contribution in [-0.2, 0) is 9.53 Å². The first kappa shape index (κ1) is 8.47. The zero-order chi connectivity index (χ0) is 8.10. The van der Waals surface area contributed by atoms with E-state index < -0.39 is 0 Å². The van der Waals surface area contributed by atoms with Crippen molar-refractivity contribution in [3.8, 4) is 0 Å². The Morgan fingerprint density at radius 1 is 1.64 bits per heavy atom. The molecule has 1 aliphatic heterocycles. The van der Waals surface area contributed by atoms with E-state index >= 15 is 0 Å². The van der Waals surface area contributed by atoms with Crippen molar-refractivity contribution in [2.45, 2.75) is 25.4 Å². The van der Waals surface area contributed by atoms with E-state index in [9.17, 15) is 4.79 Å². The van der Waals surface area contributed by atoms with Gasteiger partial charge >= 0.3 is 0 Å². The van der Waals surface area contributed by atoms with Gasteiger partial charge in [-0.25, -0.2) is 0 Å². The van der Waals surface area contributed by atoms with Gasteiger partial charge in [-0.2, -0.15) is 0 Å². The van der Waals surface area contributed by atoms with Crippen LogP contribution >= 0.6 is 0 Å².